The molecule has 0 N–H and O–H groups in total. The predicted octanol–water partition coefficient (Wildman–Crippen LogP) is 4.69. The average Bonchev–Trinajstić information content (AvgIpc) is 2.47. The topological polar surface area (TPSA) is 52.4 Å². The van der Waals surface area contributed by atoms with Crippen molar-refractivity contribution in [2.75, 3.05) is 0 Å². The molecule has 0 heterocycles. The van der Waals surface area contributed by atoms with Gasteiger partial charge in [-0.1, -0.05) is 25.1 Å². The molecule has 4 nitrogen and oxygen atoms in total. The highest BCUT2D eigenvalue weighted by molar-refractivity contribution is 6.17. The van der Waals surface area contributed by atoms with Crippen LogP contribution in [-0.4, -0.2) is 4.92 Å². The third-order valence-corrected chi connectivity index (χ3v) is 3.22. The number of ether oxygens (including phenoxy) is 1. The standard InChI is InChI=1S/C15H14ClNO3/c1-2-11-6-7-15(14(9-11)17(18)19)20-13-5-3-4-12(8-13)10-16/h3-9H,2,10H2,1H3. The SMILES string of the molecule is CCc1ccc(Oc2cccc(CCl)c2)c([N+](=O)[O-])c1. The van der Waals surface area contributed by atoms with Crippen LogP contribution in [0.4, 0.5) is 5.69 Å². The molecule has 0 radical (unpaired) electrons. The Bertz CT molecular complexity index is 628. The summed E-state index contributed by atoms with van der Waals surface area (Å²) in [7, 11) is 0. The molecule has 20 heavy (non-hydrogen) atoms. The lowest BCUT2D eigenvalue weighted by Crippen LogP contribution is -1.95. The minimum atomic E-state index is -0.431. The van der Waals surface area contributed by atoms with Crippen LogP contribution in [0.15, 0.2) is 42.5 Å². The van der Waals surface area contributed by atoms with Gasteiger partial charge in [-0.3, -0.25) is 10.1 Å². The van der Waals surface area contributed by atoms with Crippen molar-refractivity contribution in [1.82, 2.24) is 0 Å². The molecule has 0 fully saturated rings. The monoisotopic (exact) mass is 291 g/mol. The largest absolute Gasteiger partial charge is 0.450 e. The molecule has 0 aliphatic carbocycles. The summed E-state index contributed by atoms with van der Waals surface area (Å²) in [4.78, 5) is 10.7. The highest BCUT2D eigenvalue weighted by atomic mass is 35.5. The summed E-state index contributed by atoms with van der Waals surface area (Å²) < 4.78 is 5.61. The highest BCUT2D eigenvalue weighted by Gasteiger charge is 2.16. The van der Waals surface area contributed by atoms with Gasteiger partial charge in [-0.25, -0.2) is 0 Å². The van der Waals surface area contributed by atoms with E-state index < -0.39 is 4.92 Å². The zero-order valence-corrected chi connectivity index (χ0v) is 11.8. The van der Waals surface area contributed by atoms with Gasteiger partial charge in [-0.05, 0) is 35.7 Å². The lowest BCUT2D eigenvalue weighted by atomic mass is 10.1. The fraction of sp³-hybridized carbons (Fsp3) is 0.200. The Morgan fingerprint density at radius 2 is 2.00 bits per heavy atom. The number of hydrogen-bond acceptors (Lipinski definition) is 3. The van der Waals surface area contributed by atoms with Gasteiger partial charge in [0.25, 0.3) is 0 Å². The van der Waals surface area contributed by atoms with Gasteiger partial charge in [0.05, 0.1) is 4.92 Å². The van der Waals surface area contributed by atoms with Gasteiger partial charge in [-0.2, -0.15) is 0 Å². The number of halogens is 1. The quantitative estimate of drug-likeness (QED) is 0.456. The Balaban J connectivity index is 2.34. The van der Waals surface area contributed by atoms with Crippen LogP contribution in [-0.2, 0) is 12.3 Å². The Labute approximate surface area is 122 Å². The molecular weight excluding hydrogens is 278 g/mol. The number of alkyl halides is 1. The molecule has 0 amide bonds. The molecule has 2 aromatic rings. The summed E-state index contributed by atoms with van der Waals surface area (Å²) >= 11 is 5.76. The number of nitro groups is 1. The fourth-order valence-electron chi connectivity index (χ4n) is 1.83. The first-order chi connectivity index (χ1) is 9.63. The molecule has 104 valence electrons. The number of rotatable bonds is 5. The van der Waals surface area contributed by atoms with Gasteiger partial charge in [0.15, 0.2) is 0 Å². The van der Waals surface area contributed by atoms with E-state index in [9.17, 15) is 10.1 Å². The zero-order valence-electron chi connectivity index (χ0n) is 11.0. The molecule has 0 atom stereocenters. The van der Waals surface area contributed by atoms with Crippen molar-refractivity contribution in [2.45, 2.75) is 19.2 Å². The van der Waals surface area contributed by atoms with E-state index >= 15 is 0 Å². The van der Waals surface area contributed by atoms with Gasteiger partial charge in [-0.15, -0.1) is 11.6 Å². The number of nitro benzene ring substituents is 1. The first-order valence-electron chi connectivity index (χ1n) is 6.24. The van der Waals surface area contributed by atoms with E-state index in [1.807, 2.05) is 19.1 Å². The number of aryl methyl sites for hydroxylation is 1. The van der Waals surface area contributed by atoms with Gasteiger partial charge in [0, 0.05) is 11.9 Å². The normalized spacial score (nSPS) is 10.3. The molecule has 5 heteroatoms. The first-order valence-corrected chi connectivity index (χ1v) is 6.77. The number of nitrogens with zero attached hydrogens (tertiary/aromatic N) is 1. The second-order valence-electron chi connectivity index (χ2n) is 4.30. The zero-order chi connectivity index (χ0) is 14.5. The summed E-state index contributed by atoms with van der Waals surface area (Å²) in [5.74, 6) is 1.14. The van der Waals surface area contributed by atoms with Crippen molar-refractivity contribution in [3.05, 3.63) is 63.7 Å². The average molecular weight is 292 g/mol. The van der Waals surface area contributed by atoms with Crippen LogP contribution in [0.5, 0.6) is 11.5 Å². The molecule has 0 unspecified atom stereocenters. The van der Waals surface area contributed by atoms with Crippen molar-refractivity contribution < 1.29 is 9.66 Å². The molecule has 0 aromatic heterocycles. The fourth-order valence-corrected chi connectivity index (χ4v) is 2.00. The van der Waals surface area contributed by atoms with Crippen LogP contribution >= 0.6 is 11.6 Å². The lowest BCUT2D eigenvalue weighted by molar-refractivity contribution is -0.385. The van der Waals surface area contributed by atoms with Gasteiger partial charge >= 0.3 is 5.69 Å². The molecule has 0 spiro atoms. The molecule has 2 rings (SSSR count). The van der Waals surface area contributed by atoms with Crippen LogP contribution in [0.2, 0.25) is 0 Å². The molecule has 2 aromatic carbocycles. The highest BCUT2D eigenvalue weighted by Crippen LogP contribution is 2.32. The summed E-state index contributed by atoms with van der Waals surface area (Å²) in [6.45, 7) is 1.95. The third kappa shape index (κ3) is 3.27. The van der Waals surface area contributed by atoms with Gasteiger partial charge in [0.2, 0.25) is 5.75 Å². The lowest BCUT2D eigenvalue weighted by Gasteiger charge is -2.08. The molecule has 0 saturated carbocycles. The van der Waals surface area contributed by atoms with Crippen molar-refractivity contribution in [1.29, 1.82) is 0 Å². The van der Waals surface area contributed by atoms with E-state index in [1.54, 1.807) is 30.3 Å². The van der Waals surface area contributed by atoms with E-state index in [-0.39, 0.29) is 11.4 Å². The molecule has 0 saturated heterocycles. The summed E-state index contributed by atoms with van der Waals surface area (Å²) in [5.41, 5.74) is 1.77. The molecule has 0 bridgehead atoms. The molecular formula is C15H14ClNO3. The third-order valence-electron chi connectivity index (χ3n) is 2.91. The van der Waals surface area contributed by atoms with Crippen LogP contribution < -0.4 is 4.74 Å². The van der Waals surface area contributed by atoms with Crippen molar-refractivity contribution >= 4 is 17.3 Å². The Morgan fingerprint density at radius 1 is 1.20 bits per heavy atom. The number of benzene rings is 2. The van der Waals surface area contributed by atoms with E-state index in [4.69, 9.17) is 16.3 Å². The van der Waals surface area contributed by atoms with E-state index in [2.05, 4.69) is 0 Å². The molecule has 0 aliphatic heterocycles. The van der Waals surface area contributed by atoms with Crippen LogP contribution in [0.1, 0.15) is 18.1 Å². The summed E-state index contributed by atoms with van der Waals surface area (Å²) in [6, 6.07) is 12.2. The second kappa shape index (κ2) is 6.39. The maximum atomic E-state index is 11.1. The van der Waals surface area contributed by atoms with Crippen LogP contribution in [0, 0.1) is 10.1 Å². The maximum absolute atomic E-state index is 11.1. The minimum Gasteiger partial charge on any atom is -0.450 e. The van der Waals surface area contributed by atoms with E-state index in [0.717, 1.165) is 17.5 Å². The van der Waals surface area contributed by atoms with Crippen molar-refractivity contribution in [3.8, 4) is 11.5 Å². The maximum Gasteiger partial charge on any atom is 0.311 e. The van der Waals surface area contributed by atoms with Crippen molar-refractivity contribution in [3.63, 3.8) is 0 Å². The molecule has 0 aliphatic rings. The van der Waals surface area contributed by atoms with Gasteiger partial charge in [0.1, 0.15) is 5.75 Å². The van der Waals surface area contributed by atoms with Gasteiger partial charge < -0.3 is 4.74 Å². The summed E-state index contributed by atoms with van der Waals surface area (Å²) in [5, 5.41) is 11.1. The second-order valence-corrected chi connectivity index (χ2v) is 4.56. The van der Waals surface area contributed by atoms with Crippen LogP contribution in [0.3, 0.4) is 0 Å². The Hall–Kier alpha value is -2.07. The van der Waals surface area contributed by atoms with Crippen molar-refractivity contribution in [2.24, 2.45) is 0 Å². The van der Waals surface area contributed by atoms with E-state index in [0.29, 0.717) is 11.6 Å². The predicted molar refractivity (Wildman–Crippen MR) is 78.5 cm³/mol. The Kier molecular flexibility index (Phi) is 4.58. The van der Waals surface area contributed by atoms with Crippen LogP contribution in [0.25, 0.3) is 0 Å². The smallest absolute Gasteiger partial charge is 0.311 e. The first kappa shape index (κ1) is 14.3. The minimum absolute atomic E-state index is 0.0272. The Morgan fingerprint density at radius 3 is 2.65 bits per heavy atom. The summed E-state index contributed by atoms with van der Waals surface area (Å²) in [6.07, 6.45) is 0.739. The number of hydrogen-bond donors (Lipinski definition) is 0. The van der Waals surface area contributed by atoms with E-state index in [1.165, 1.54) is 0 Å².